The van der Waals surface area contributed by atoms with Crippen molar-refractivity contribution in [1.82, 2.24) is 9.88 Å². The molecule has 3 rings (SSSR count). The van der Waals surface area contributed by atoms with E-state index in [1.807, 2.05) is 0 Å². The molecule has 2 atom stereocenters. The van der Waals surface area contributed by atoms with Crippen LogP contribution in [0.2, 0.25) is 0 Å². The van der Waals surface area contributed by atoms with Crippen LogP contribution in [0.4, 0.5) is 4.39 Å². The van der Waals surface area contributed by atoms with Crippen molar-refractivity contribution in [2.75, 3.05) is 20.3 Å². The minimum absolute atomic E-state index is 0.0366. The molecule has 0 bridgehead atoms. The smallest absolute Gasteiger partial charge is 0.268 e. The topological polar surface area (TPSA) is 110 Å². The molecule has 1 amide bonds. The highest BCUT2D eigenvalue weighted by molar-refractivity contribution is 6.10. The predicted octanol–water partition coefficient (Wildman–Crippen LogP) is 3.20. The molecule has 186 valence electrons. The lowest BCUT2D eigenvalue weighted by atomic mass is 9.86. The third-order valence-electron chi connectivity index (χ3n) is 6.22. The minimum atomic E-state index is -0.657. The number of carbonyl (C=O) groups is 2. The standard InChI is InChI=1S/C26H30FN3O5/c1-17-6-3-4-7-22(17)29-24(31)16-35-23-9-8-20(27)13-21(23)25(32)19-12-18(14-28)26(33)30(15-19)10-5-11-34-2/h8-9,12-13,15,17,22H,3-7,10-11,16H2,1-2H3,(H,29,31)/t17-,22+/m1/s1. The zero-order valence-electron chi connectivity index (χ0n) is 20.0. The zero-order chi connectivity index (χ0) is 25.4. The van der Waals surface area contributed by atoms with Crippen LogP contribution in [0, 0.1) is 23.1 Å². The third-order valence-corrected chi connectivity index (χ3v) is 6.22. The van der Waals surface area contributed by atoms with Crippen LogP contribution in [0.5, 0.6) is 5.75 Å². The molecule has 9 heteroatoms. The number of aryl methyl sites for hydroxylation is 1. The van der Waals surface area contributed by atoms with Crippen molar-refractivity contribution < 1.29 is 23.5 Å². The van der Waals surface area contributed by atoms with Crippen molar-refractivity contribution in [2.45, 2.75) is 51.6 Å². The second-order valence-electron chi connectivity index (χ2n) is 8.79. The number of ether oxygens (including phenoxy) is 2. The van der Waals surface area contributed by atoms with Gasteiger partial charge >= 0.3 is 0 Å². The summed E-state index contributed by atoms with van der Waals surface area (Å²) in [5.41, 5.74) is -0.790. The maximum Gasteiger partial charge on any atom is 0.268 e. The Balaban J connectivity index is 1.81. The summed E-state index contributed by atoms with van der Waals surface area (Å²) in [6, 6.07) is 6.52. The molecule has 35 heavy (non-hydrogen) atoms. The van der Waals surface area contributed by atoms with Crippen LogP contribution in [-0.2, 0) is 16.1 Å². The molecule has 1 fully saturated rings. The monoisotopic (exact) mass is 483 g/mol. The van der Waals surface area contributed by atoms with E-state index >= 15 is 0 Å². The Morgan fingerprint density at radius 1 is 1.26 bits per heavy atom. The minimum Gasteiger partial charge on any atom is -0.483 e. The third kappa shape index (κ3) is 6.76. The molecule has 1 aromatic carbocycles. The number of pyridine rings is 1. The quantitative estimate of drug-likeness (QED) is 0.411. The zero-order valence-corrected chi connectivity index (χ0v) is 20.0. The van der Waals surface area contributed by atoms with Crippen LogP contribution in [0.25, 0.3) is 0 Å². The Labute approximate surface area is 203 Å². The Morgan fingerprint density at radius 3 is 2.74 bits per heavy atom. The molecule has 0 saturated heterocycles. The van der Waals surface area contributed by atoms with Crippen LogP contribution in [0.1, 0.15) is 60.5 Å². The molecule has 0 radical (unpaired) electrons. The van der Waals surface area contributed by atoms with Crippen molar-refractivity contribution in [2.24, 2.45) is 5.92 Å². The number of methoxy groups -OCH3 is 1. The summed E-state index contributed by atoms with van der Waals surface area (Å²) in [7, 11) is 1.53. The number of rotatable bonds is 10. The second-order valence-corrected chi connectivity index (χ2v) is 8.79. The van der Waals surface area contributed by atoms with E-state index in [0.29, 0.717) is 18.9 Å². The van der Waals surface area contributed by atoms with Crippen molar-refractivity contribution in [3.05, 3.63) is 63.3 Å². The number of aromatic nitrogens is 1. The first-order valence-electron chi connectivity index (χ1n) is 11.7. The summed E-state index contributed by atoms with van der Waals surface area (Å²) in [4.78, 5) is 38.2. The van der Waals surface area contributed by atoms with Gasteiger partial charge in [-0.05, 0) is 49.4 Å². The lowest BCUT2D eigenvalue weighted by Gasteiger charge is -2.29. The van der Waals surface area contributed by atoms with Crippen LogP contribution in [0.15, 0.2) is 35.3 Å². The second kappa shape index (κ2) is 12.3. The van der Waals surface area contributed by atoms with Gasteiger partial charge in [-0.15, -0.1) is 0 Å². The summed E-state index contributed by atoms with van der Waals surface area (Å²) < 4.78 is 25.9. The summed E-state index contributed by atoms with van der Waals surface area (Å²) in [6.07, 6.45) is 6.02. The molecule has 1 N–H and O–H groups in total. The molecule has 2 aromatic rings. The van der Waals surface area contributed by atoms with E-state index in [1.165, 1.54) is 30.0 Å². The van der Waals surface area contributed by atoms with E-state index in [2.05, 4.69) is 12.2 Å². The number of amides is 1. The molecule has 1 aliphatic carbocycles. The highest BCUT2D eigenvalue weighted by Crippen LogP contribution is 2.25. The number of ketones is 1. The molecule has 1 saturated carbocycles. The molecule has 0 spiro atoms. The van der Waals surface area contributed by atoms with Gasteiger partial charge in [0.1, 0.15) is 23.2 Å². The van der Waals surface area contributed by atoms with Crippen molar-refractivity contribution in [3.63, 3.8) is 0 Å². The van der Waals surface area contributed by atoms with Gasteiger partial charge in [0.25, 0.3) is 11.5 Å². The van der Waals surface area contributed by atoms with Gasteiger partial charge in [-0.1, -0.05) is 19.8 Å². The van der Waals surface area contributed by atoms with Crippen molar-refractivity contribution in [1.29, 1.82) is 5.26 Å². The van der Waals surface area contributed by atoms with Gasteiger partial charge in [0.15, 0.2) is 12.4 Å². The highest BCUT2D eigenvalue weighted by Gasteiger charge is 2.24. The number of nitriles is 1. The average molecular weight is 484 g/mol. The fourth-order valence-electron chi connectivity index (χ4n) is 4.27. The first kappa shape index (κ1) is 26.1. The van der Waals surface area contributed by atoms with Gasteiger partial charge in [-0.2, -0.15) is 5.26 Å². The van der Waals surface area contributed by atoms with Crippen LogP contribution in [-0.4, -0.2) is 42.6 Å². The van der Waals surface area contributed by atoms with Gasteiger partial charge in [-0.25, -0.2) is 4.39 Å². The molecule has 0 unspecified atom stereocenters. The van der Waals surface area contributed by atoms with E-state index in [0.717, 1.165) is 37.8 Å². The number of benzene rings is 1. The number of hydrogen-bond acceptors (Lipinski definition) is 6. The summed E-state index contributed by atoms with van der Waals surface area (Å²) in [6.45, 7) is 2.42. The van der Waals surface area contributed by atoms with E-state index in [1.54, 1.807) is 6.07 Å². The van der Waals surface area contributed by atoms with Crippen LogP contribution < -0.4 is 15.6 Å². The van der Waals surface area contributed by atoms with Crippen LogP contribution >= 0.6 is 0 Å². The van der Waals surface area contributed by atoms with E-state index < -0.39 is 17.2 Å². The Bertz CT molecular complexity index is 1170. The summed E-state index contributed by atoms with van der Waals surface area (Å²) >= 11 is 0. The van der Waals surface area contributed by atoms with Crippen molar-refractivity contribution in [3.8, 4) is 11.8 Å². The molecule has 0 aliphatic heterocycles. The molecule has 1 heterocycles. The Hall–Kier alpha value is -3.51. The van der Waals surface area contributed by atoms with E-state index in [4.69, 9.17) is 9.47 Å². The number of carbonyl (C=O) groups excluding carboxylic acids is 2. The number of halogens is 1. The summed E-state index contributed by atoms with van der Waals surface area (Å²) in [5.74, 6) is -1.18. The largest absolute Gasteiger partial charge is 0.483 e. The maximum atomic E-state index is 14.1. The van der Waals surface area contributed by atoms with Gasteiger partial charge in [-0.3, -0.25) is 14.4 Å². The van der Waals surface area contributed by atoms with E-state index in [-0.39, 0.29) is 47.5 Å². The number of nitrogens with zero attached hydrogens (tertiary/aromatic N) is 2. The molecule has 1 aliphatic rings. The molecule has 1 aromatic heterocycles. The molecule has 8 nitrogen and oxygen atoms in total. The SMILES string of the molecule is COCCCn1cc(C(=O)c2cc(F)ccc2OCC(=O)N[C@H]2CCCC[C@H]2C)cc(C#N)c1=O. The Morgan fingerprint density at radius 2 is 2.03 bits per heavy atom. The van der Waals surface area contributed by atoms with Crippen LogP contribution in [0.3, 0.4) is 0 Å². The predicted molar refractivity (Wildman–Crippen MR) is 127 cm³/mol. The number of hydrogen-bond donors (Lipinski definition) is 1. The first-order valence-corrected chi connectivity index (χ1v) is 11.7. The molecular formula is C26H30FN3O5. The first-order chi connectivity index (χ1) is 16.8. The average Bonchev–Trinajstić information content (AvgIpc) is 2.85. The number of nitrogens with one attached hydrogen (secondary N) is 1. The van der Waals surface area contributed by atoms with Gasteiger partial charge in [0, 0.05) is 38.1 Å². The fraction of sp³-hybridized carbons (Fsp3) is 0.462. The lowest BCUT2D eigenvalue weighted by Crippen LogP contribution is -2.43. The highest BCUT2D eigenvalue weighted by atomic mass is 19.1. The maximum absolute atomic E-state index is 14.1. The van der Waals surface area contributed by atoms with Crippen molar-refractivity contribution >= 4 is 11.7 Å². The fourth-order valence-corrected chi connectivity index (χ4v) is 4.27. The van der Waals surface area contributed by atoms with Gasteiger partial charge < -0.3 is 19.4 Å². The normalized spacial score (nSPS) is 17.4. The Kier molecular flexibility index (Phi) is 9.15. The van der Waals surface area contributed by atoms with E-state index in [9.17, 15) is 24.0 Å². The summed E-state index contributed by atoms with van der Waals surface area (Å²) in [5, 5.41) is 12.3. The lowest BCUT2D eigenvalue weighted by molar-refractivity contribution is -0.124. The van der Waals surface area contributed by atoms with Gasteiger partial charge in [0.05, 0.1) is 5.56 Å². The van der Waals surface area contributed by atoms with Gasteiger partial charge in [0.2, 0.25) is 0 Å². The molecular weight excluding hydrogens is 453 g/mol.